The first kappa shape index (κ1) is 16.1. The van der Waals surface area contributed by atoms with E-state index in [0.717, 1.165) is 13.0 Å². The number of nitrogens with one attached hydrogen (secondary N) is 1. The Labute approximate surface area is 131 Å². The van der Waals surface area contributed by atoms with Crippen LogP contribution in [0.1, 0.15) is 33.1 Å². The molecule has 5 heteroatoms. The van der Waals surface area contributed by atoms with E-state index in [-0.39, 0.29) is 5.91 Å². The molecule has 1 saturated carbocycles. The molecule has 0 atom stereocenters. The van der Waals surface area contributed by atoms with Gasteiger partial charge in [0.05, 0.1) is 17.3 Å². The van der Waals surface area contributed by atoms with E-state index in [9.17, 15) is 4.79 Å². The van der Waals surface area contributed by atoms with Gasteiger partial charge in [0, 0.05) is 11.7 Å². The summed E-state index contributed by atoms with van der Waals surface area (Å²) < 4.78 is 0. The summed E-state index contributed by atoms with van der Waals surface area (Å²) in [5.74, 6) is 0.665. The van der Waals surface area contributed by atoms with Gasteiger partial charge in [0.15, 0.2) is 0 Å². The number of hydrogen-bond donors (Lipinski definition) is 2. The van der Waals surface area contributed by atoms with Gasteiger partial charge in [-0.15, -0.1) is 0 Å². The highest BCUT2D eigenvalue weighted by Crippen LogP contribution is 2.27. The number of nitrogens with two attached hydrogens (primary N) is 1. The van der Waals surface area contributed by atoms with Gasteiger partial charge in [-0.05, 0) is 49.9 Å². The highest BCUT2D eigenvalue weighted by atomic mass is 35.5. The summed E-state index contributed by atoms with van der Waals surface area (Å²) in [5.41, 5.74) is 6.92. The molecule has 1 aliphatic carbocycles. The van der Waals surface area contributed by atoms with Crippen LogP contribution >= 0.6 is 11.6 Å². The molecule has 0 aromatic heterocycles. The van der Waals surface area contributed by atoms with Crippen LogP contribution < -0.4 is 11.1 Å². The Hall–Kier alpha value is -1.26. The Morgan fingerprint density at radius 2 is 2.19 bits per heavy atom. The van der Waals surface area contributed by atoms with Crippen molar-refractivity contribution in [2.75, 3.05) is 24.1 Å². The van der Waals surface area contributed by atoms with Crippen LogP contribution in [-0.2, 0) is 4.79 Å². The smallest absolute Gasteiger partial charge is 0.238 e. The monoisotopic (exact) mass is 309 g/mol. The number of benzene rings is 1. The Morgan fingerprint density at radius 1 is 1.48 bits per heavy atom. The van der Waals surface area contributed by atoms with E-state index in [2.05, 4.69) is 24.1 Å². The fourth-order valence-corrected chi connectivity index (χ4v) is 2.38. The molecule has 0 bridgehead atoms. The molecule has 1 aliphatic rings. The second kappa shape index (κ2) is 7.14. The number of anilines is 2. The lowest BCUT2D eigenvalue weighted by atomic mass is 10.1. The van der Waals surface area contributed by atoms with Crippen LogP contribution in [0.4, 0.5) is 11.4 Å². The Balaban J connectivity index is 1.88. The number of halogens is 1. The van der Waals surface area contributed by atoms with Gasteiger partial charge >= 0.3 is 0 Å². The van der Waals surface area contributed by atoms with Crippen molar-refractivity contribution in [1.82, 2.24) is 4.90 Å². The fourth-order valence-electron chi connectivity index (χ4n) is 2.26. The molecular weight excluding hydrogens is 286 g/mol. The van der Waals surface area contributed by atoms with Crippen molar-refractivity contribution in [2.24, 2.45) is 5.92 Å². The largest absolute Gasteiger partial charge is 0.397 e. The third-order valence-electron chi connectivity index (χ3n) is 3.68. The third kappa shape index (κ3) is 5.21. The zero-order valence-electron chi connectivity index (χ0n) is 12.7. The molecule has 1 fully saturated rings. The summed E-state index contributed by atoms with van der Waals surface area (Å²) in [5, 5.41) is 3.40. The van der Waals surface area contributed by atoms with Gasteiger partial charge in [-0.25, -0.2) is 0 Å². The molecule has 0 heterocycles. The normalized spacial score (nSPS) is 14.7. The van der Waals surface area contributed by atoms with Crippen LogP contribution in [0.15, 0.2) is 18.2 Å². The van der Waals surface area contributed by atoms with Gasteiger partial charge in [-0.2, -0.15) is 0 Å². The van der Waals surface area contributed by atoms with Crippen LogP contribution in [0, 0.1) is 5.92 Å². The molecule has 2 rings (SSSR count). The van der Waals surface area contributed by atoms with Crippen molar-refractivity contribution in [3.05, 3.63) is 23.2 Å². The van der Waals surface area contributed by atoms with E-state index in [1.165, 1.54) is 12.8 Å². The van der Waals surface area contributed by atoms with E-state index in [1.54, 1.807) is 18.2 Å². The van der Waals surface area contributed by atoms with Crippen molar-refractivity contribution >= 4 is 28.9 Å². The van der Waals surface area contributed by atoms with Gasteiger partial charge < -0.3 is 11.1 Å². The zero-order valence-corrected chi connectivity index (χ0v) is 13.5. The SMILES string of the molecule is CC(C)CCN(CC(=O)Nc1ccc(Cl)c(N)c1)C1CC1. The summed E-state index contributed by atoms with van der Waals surface area (Å²) in [6.07, 6.45) is 3.54. The number of amides is 1. The zero-order chi connectivity index (χ0) is 15.4. The Kier molecular flexibility index (Phi) is 5.48. The second-order valence-corrected chi connectivity index (χ2v) is 6.58. The molecular formula is C16H24ClN3O. The maximum Gasteiger partial charge on any atom is 0.238 e. The number of carbonyl (C=O) groups excluding carboxylic acids is 1. The number of nitrogen functional groups attached to an aromatic ring is 1. The second-order valence-electron chi connectivity index (χ2n) is 6.17. The molecule has 0 saturated heterocycles. The van der Waals surface area contributed by atoms with Crippen LogP contribution in [0.25, 0.3) is 0 Å². The van der Waals surface area contributed by atoms with Crippen molar-refractivity contribution < 1.29 is 4.79 Å². The molecule has 0 aliphatic heterocycles. The number of nitrogens with zero attached hydrogens (tertiary/aromatic N) is 1. The van der Waals surface area contributed by atoms with Crippen LogP contribution in [0.3, 0.4) is 0 Å². The highest BCUT2D eigenvalue weighted by molar-refractivity contribution is 6.33. The quantitative estimate of drug-likeness (QED) is 0.759. The molecule has 0 unspecified atom stereocenters. The van der Waals surface area contributed by atoms with Crippen molar-refractivity contribution in [3.8, 4) is 0 Å². The fraction of sp³-hybridized carbons (Fsp3) is 0.562. The van der Waals surface area contributed by atoms with E-state index in [0.29, 0.717) is 34.9 Å². The Morgan fingerprint density at radius 3 is 2.76 bits per heavy atom. The minimum absolute atomic E-state index is 0.00683. The molecule has 1 aromatic rings. The number of carbonyl (C=O) groups is 1. The van der Waals surface area contributed by atoms with Crippen molar-refractivity contribution in [2.45, 2.75) is 39.2 Å². The predicted octanol–water partition coefficient (Wildman–Crippen LogP) is 3.37. The average molecular weight is 310 g/mol. The number of rotatable bonds is 7. The lowest BCUT2D eigenvalue weighted by Crippen LogP contribution is -2.36. The van der Waals surface area contributed by atoms with Gasteiger partial charge in [0.1, 0.15) is 0 Å². The molecule has 1 aromatic carbocycles. The van der Waals surface area contributed by atoms with E-state index in [1.807, 2.05) is 0 Å². The molecule has 21 heavy (non-hydrogen) atoms. The molecule has 4 nitrogen and oxygen atoms in total. The minimum atomic E-state index is 0.00683. The molecule has 0 radical (unpaired) electrons. The van der Waals surface area contributed by atoms with Gasteiger partial charge in [0.2, 0.25) is 5.91 Å². The van der Waals surface area contributed by atoms with Crippen molar-refractivity contribution in [3.63, 3.8) is 0 Å². The van der Waals surface area contributed by atoms with E-state index in [4.69, 9.17) is 17.3 Å². The van der Waals surface area contributed by atoms with Crippen molar-refractivity contribution in [1.29, 1.82) is 0 Å². The molecule has 1 amide bonds. The van der Waals surface area contributed by atoms with E-state index < -0.39 is 0 Å². The summed E-state index contributed by atoms with van der Waals surface area (Å²) in [7, 11) is 0. The molecule has 116 valence electrons. The number of hydrogen-bond acceptors (Lipinski definition) is 3. The lowest BCUT2D eigenvalue weighted by molar-refractivity contribution is -0.117. The summed E-state index contributed by atoms with van der Waals surface area (Å²) in [6.45, 7) is 5.85. The summed E-state index contributed by atoms with van der Waals surface area (Å²) in [6, 6.07) is 5.75. The first-order valence-corrected chi connectivity index (χ1v) is 7.92. The van der Waals surface area contributed by atoms with Gasteiger partial charge in [-0.1, -0.05) is 25.4 Å². The van der Waals surface area contributed by atoms with E-state index >= 15 is 0 Å². The Bertz CT molecular complexity index is 500. The maximum atomic E-state index is 12.2. The van der Waals surface area contributed by atoms with Crippen LogP contribution in [0.2, 0.25) is 5.02 Å². The lowest BCUT2D eigenvalue weighted by Gasteiger charge is -2.22. The molecule has 3 N–H and O–H groups in total. The highest BCUT2D eigenvalue weighted by Gasteiger charge is 2.30. The van der Waals surface area contributed by atoms with Crippen LogP contribution in [-0.4, -0.2) is 29.9 Å². The average Bonchev–Trinajstić information content (AvgIpc) is 3.23. The first-order valence-electron chi connectivity index (χ1n) is 7.54. The summed E-state index contributed by atoms with van der Waals surface area (Å²) >= 11 is 5.88. The first-order chi connectivity index (χ1) is 9.95. The third-order valence-corrected chi connectivity index (χ3v) is 4.03. The topological polar surface area (TPSA) is 58.4 Å². The molecule has 0 spiro atoms. The predicted molar refractivity (Wildman–Crippen MR) is 88.5 cm³/mol. The van der Waals surface area contributed by atoms with Gasteiger partial charge in [0.25, 0.3) is 0 Å². The standard InChI is InChI=1S/C16H24ClN3O/c1-11(2)7-8-20(13-4-5-13)10-16(21)19-12-3-6-14(17)15(18)9-12/h3,6,9,11,13H,4-5,7-8,10,18H2,1-2H3,(H,19,21). The van der Waals surface area contributed by atoms with Gasteiger partial charge in [-0.3, -0.25) is 9.69 Å². The summed E-state index contributed by atoms with van der Waals surface area (Å²) in [4.78, 5) is 14.5. The van der Waals surface area contributed by atoms with Crippen LogP contribution in [0.5, 0.6) is 0 Å². The maximum absolute atomic E-state index is 12.2. The minimum Gasteiger partial charge on any atom is -0.397 e.